The second-order valence-corrected chi connectivity index (χ2v) is 10.9. The number of hydrogen-bond acceptors (Lipinski definition) is 7. The van der Waals surface area contributed by atoms with Crippen molar-refractivity contribution in [2.75, 3.05) is 20.1 Å². The summed E-state index contributed by atoms with van der Waals surface area (Å²) in [5, 5.41) is 14.6. The monoisotopic (exact) mass is 506 g/mol. The summed E-state index contributed by atoms with van der Waals surface area (Å²) < 4.78 is -0.666. The highest BCUT2D eigenvalue weighted by atomic mass is 32.2. The molecule has 0 radical (unpaired) electrons. The first kappa shape index (κ1) is 28.3. The van der Waals surface area contributed by atoms with Crippen LogP contribution in [0, 0.1) is 5.92 Å². The number of carboxylic acids is 1. The van der Waals surface area contributed by atoms with Gasteiger partial charge >= 0.3 is 5.97 Å². The molecule has 0 spiro atoms. The van der Waals surface area contributed by atoms with Crippen LogP contribution in [0.5, 0.6) is 0 Å². The van der Waals surface area contributed by atoms with Crippen molar-refractivity contribution < 1.29 is 29.1 Å². The van der Waals surface area contributed by atoms with Crippen LogP contribution >= 0.6 is 11.8 Å². The number of primary amides is 1. The molecule has 1 saturated heterocycles. The third-order valence-corrected chi connectivity index (χ3v) is 7.58. The Labute approximate surface area is 209 Å². The van der Waals surface area contributed by atoms with Crippen LogP contribution in [0.25, 0.3) is 0 Å². The van der Waals surface area contributed by atoms with E-state index >= 15 is 0 Å². The molecule has 1 aliphatic heterocycles. The molecule has 11 heteroatoms. The lowest BCUT2D eigenvalue weighted by molar-refractivity contribution is -0.144. The number of benzene rings is 1. The van der Waals surface area contributed by atoms with Crippen molar-refractivity contribution in [3.05, 3.63) is 35.9 Å². The summed E-state index contributed by atoms with van der Waals surface area (Å²) >= 11 is 1.37. The molecule has 1 aromatic carbocycles. The van der Waals surface area contributed by atoms with Gasteiger partial charge in [0.2, 0.25) is 17.7 Å². The smallest absolute Gasteiger partial charge is 0.322 e. The highest BCUT2D eigenvalue weighted by molar-refractivity contribution is 8.01. The number of likely N-dealkylation sites (N-methyl/N-ethyl adjacent to an activating group) is 1. The Hall–Kier alpha value is -2.92. The Morgan fingerprint density at radius 2 is 1.71 bits per heavy atom. The van der Waals surface area contributed by atoms with E-state index in [2.05, 4.69) is 10.6 Å². The number of aliphatic carboxylic acids is 1. The number of carbonyl (C=O) groups is 5. The summed E-state index contributed by atoms with van der Waals surface area (Å²) in [6.45, 7) is 3.90. The zero-order chi connectivity index (χ0) is 26.2. The minimum absolute atomic E-state index is 0.0327. The van der Waals surface area contributed by atoms with Gasteiger partial charge in [-0.15, -0.1) is 11.8 Å². The molecule has 192 valence electrons. The minimum atomic E-state index is -0.985. The van der Waals surface area contributed by atoms with Crippen molar-refractivity contribution in [2.24, 2.45) is 11.7 Å². The average Bonchev–Trinajstić information content (AvgIpc) is 3.02. The molecule has 5 N–H and O–H groups in total. The molecule has 0 bridgehead atoms. The minimum Gasteiger partial charge on any atom is -0.480 e. The summed E-state index contributed by atoms with van der Waals surface area (Å²) in [7, 11) is 1.66. The number of nitrogens with two attached hydrogens (primary N) is 1. The van der Waals surface area contributed by atoms with E-state index in [0.29, 0.717) is 0 Å². The normalized spacial score (nSPS) is 20.1. The largest absolute Gasteiger partial charge is 0.480 e. The Bertz CT molecular complexity index is 939. The maximum absolute atomic E-state index is 13.2. The van der Waals surface area contributed by atoms with Gasteiger partial charge in [-0.1, -0.05) is 30.3 Å². The van der Waals surface area contributed by atoms with Crippen LogP contribution in [0.4, 0.5) is 0 Å². The van der Waals surface area contributed by atoms with E-state index in [1.807, 2.05) is 44.2 Å². The molecule has 2 rings (SSSR count). The first-order valence-electron chi connectivity index (χ1n) is 11.4. The highest BCUT2D eigenvalue weighted by Gasteiger charge is 2.53. The van der Waals surface area contributed by atoms with Gasteiger partial charge in [-0.25, -0.2) is 0 Å². The third kappa shape index (κ3) is 8.36. The van der Waals surface area contributed by atoms with Crippen molar-refractivity contribution in [3.63, 3.8) is 0 Å². The van der Waals surface area contributed by atoms with Crippen LogP contribution in [0.3, 0.4) is 0 Å². The second-order valence-electron chi connectivity index (χ2n) is 9.14. The van der Waals surface area contributed by atoms with Crippen molar-refractivity contribution in [1.82, 2.24) is 15.5 Å². The topological polar surface area (TPSA) is 159 Å². The molecule has 1 aromatic rings. The standard InChI is InChI=1S/C24H34N4O6S/c1-24(2)20(23(33)34)28(3)22(35-24)17(14-16(29)13-15-7-5-4-6-8-15)21(32)27-12-11-26-19(31)10-9-18(25)30/h4-8,17,20,22H,9-14H2,1-3H3,(H2,25,30)(H,26,31)(H,27,32)(H,33,34). The Morgan fingerprint density at radius 3 is 2.29 bits per heavy atom. The number of thioether (sulfide) groups is 1. The van der Waals surface area contributed by atoms with Gasteiger partial charge in [0.25, 0.3) is 0 Å². The van der Waals surface area contributed by atoms with Crippen LogP contribution in [-0.4, -0.2) is 75.8 Å². The predicted octanol–water partition coefficient (Wildman–Crippen LogP) is 0.539. The maximum atomic E-state index is 13.2. The van der Waals surface area contributed by atoms with Gasteiger partial charge in [0.15, 0.2) is 0 Å². The summed E-state index contributed by atoms with van der Waals surface area (Å²) in [6, 6.07) is 8.40. The molecule has 0 aromatic heterocycles. The van der Waals surface area contributed by atoms with Crippen LogP contribution in [0.15, 0.2) is 30.3 Å². The molecule has 3 atom stereocenters. The molecule has 3 amide bonds. The number of Topliss-reactive ketones (excluding diaryl/α,β-unsaturated/α-hetero) is 1. The molecule has 1 heterocycles. The second kappa shape index (κ2) is 12.7. The molecule has 3 unspecified atom stereocenters. The molecule has 1 aliphatic rings. The van der Waals surface area contributed by atoms with E-state index in [9.17, 15) is 29.1 Å². The lowest BCUT2D eigenvalue weighted by Crippen LogP contribution is -2.49. The number of amides is 3. The van der Waals surface area contributed by atoms with Crippen LogP contribution in [-0.2, 0) is 30.4 Å². The van der Waals surface area contributed by atoms with Crippen molar-refractivity contribution in [3.8, 4) is 0 Å². The van der Waals surface area contributed by atoms with Gasteiger partial charge in [-0.05, 0) is 26.5 Å². The van der Waals surface area contributed by atoms with E-state index in [1.165, 1.54) is 11.8 Å². The third-order valence-electron chi connectivity index (χ3n) is 5.84. The lowest BCUT2D eigenvalue weighted by Gasteiger charge is -2.29. The number of carboxylic acid groups (broad SMARTS) is 1. The van der Waals surface area contributed by atoms with Crippen molar-refractivity contribution in [2.45, 2.75) is 55.7 Å². The van der Waals surface area contributed by atoms with Crippen LogP contribution in [0.1, 0.15) is 38.7 Å². The average molecular weight is 507 g/mol. The first-order chi connectivity index (χ1) is 16.4. The zero-order valence-electron chi connectivity index (χ0n) is 20.3. The van der Waals surface area contributed by atoms with E-state index in [4.69, 9.17) is 5.73 Å². The molecule has 0 saturated carbocycles. The van der Waals surface area contributed by atoms with Crippen molar-refractivity contribution >= 4 is 41.2 Å². The van der Waals surface area contributed by atoms with Gasteiger partial charge in [0.05, 0.1) is 11.3 Å². The summed E-state index contributed by atoms with van der Waals surface area (Å²) in [5.74, 6) is -3.20. The van der Waals surface area contributed by atoms with Gasteiger partial charge in [-0.3, -0.25) is 28.9 Å². The molecular formula is C24H34N4O6S. The van der Waals surface area contributed by atoms with Crippen LogP contribution < -0.4 is 16.4 Å². The van der Waals surface area contributed by atoms with Gasteiger partial charge in [-0.2, -0.15) is 0 Å². The van der Waals surface area contributed by atoms with E-state index in [-0.39, 0.29) is 56.4 Å². The highest BCUT2D eigenvalue weighted by Crippen LogP contribution is 2.47. The van der Waals surface area contributed by atoms with E-state index in [1.54, 1.807) is 11.9 Å². The van der Waals surface area contributed by atoms with Crippen LogP contribution in [0.2, 0.25) is 0 Å². The number of nitrogens with zero attached hydrogens (tertiary/aromatic N) is 1. The molecular weight excluding hydrogens is 472 g/mol. The Morgan fingerprint density at radius 1 is 1.09 bits per heavy atom. The lowest BCUT2D eigenvalue weighted by atomic mass is 9.95. The molecule has 1 fully saturated rings. The summed E-state index contributed by atoms with van der Waals surface area (Å²) in [4.78, 5) is 62.1. The number of ketones is 1. The molecule has 10 nitrogen and oxygen atoms in total. The fraction of sp³-hybridized carbons (Fsp3) is 0.542. The van der Waals surface area contributed by atoms with E-state index < -0.39 is 34.0 Å². The number of hydrogen-bond donors (Lipinski definition) is 4. The molecule has 0 aliphatic carbocycles. The van der Waals surface area contributed by atoms with Gasteiger partial charge < -0.3 is 21.5 Å². The van der Waals surface area contributed by atoms with Gasteiger partial charge in [0, 0.05) is 43.5 Å². The number of carbonyl (C=O) groups excluding carboxylic acids is 4. The SMILES string of the molecule is CN1C(C(CC(=O)Cc2ccccc2)C(=O)NCCNC(=O)CCC(N)=O)SC(C)(C)C1C(=O)O. The summed E-state index contributed by atoms with van der Waals surface area (Å²) in [6.07, 6.45) is 0.0359. The number of nitrogens with one attached hydrogen (secondary N) is 2. The van der Waals surface area contributed by atoms with Crippen molar-refractivity contribution in [1.29, 1.82) is 0 Å². The Kier molecular flexibility index (Phi) is 10.3. The Balaban J connectivity index is 2.07. The van der Waals surface area contributed by atoms with Gasteiger partial charge in [0.1, 0.15) is 11.8 Å². The fourth-order valence-electron chi connectivity index (χ4n) is 4.24. The predicted molar refractivity (Wildman–Crippen MR) is 132 cm³/mol. The zero-order valence-corrected chi connectivity index (χ0v) is 21.1. The fourth-order valence-corrected chi connectivity index (χ4v) is 5.93. The first-order valence-corrected chi connectivity index (χ1v) is 12.3. The quantitative estimate of drug-likeness (QED) is 0.282. The summed E-state index contributed by atoms with van der Waals surface area (Å²) in [5.41, 5.74) is 5.87. The molecule has 35 heavy (non-hydrogen) atoms. The van der Waals surface area contributed by atoms with E-state index in [0.717, 1.165) is 5.56 Å². The number of rotatable bonds is 13. The maximum Gasteiger partial charge on any atom is 0.322 e.